The summed E-state index contributed by atoms with van der Waals surface area (Å²) in [6.07, 6.45) is 0.147. The molecule has 6 rings (SSSR count). The van der Waals surface area contributed by atoms with Gasteiger partial charge in [0.05, 0.1) is 23.8 Å². The third kappa shape index (κ3) is 1.91. The fraction of sp³-hybridized carbons (Fsp3) is 0.318. The number of hydrogen-bond acceptors (Lipinski definition) is 4. The molecule has 3 unspecified atom stereocenters. The van der Waals surface area contributed by atoms with Crippen LogP contribution in [0.2, 0.25) is 0 Å². The summed E-state index contributed by atoms with van der Waals surface area (Å²) in [4.78, 5) is 39.1. The number of benzene rings is 2. The van der Waals surface area contributed by atoms with Gasteiger partial charge in [0, 0.05) is 11.8 Å². The Morgan fingerprint density at radius 2 is 1.26 bits per heavy atom. The number of carbonyl (C=O) groups is 3. The fourth-order valence-electron chi connectivity index (χ4n) is 5.46. The molecule has 3 aliphatic carbocycles. The highest BCUT2D eigenvalue weighted by Gasteiger charge is 2.62. The van der Waals surface area contributed by atoms with E-state index < -0.39 is 23.8 Å². The Labute approximate surface area is 156 Å². The van der Waals surface area contributed by atoms with E-state index in [1.54, 1.807) is 6.92 Å². The molecule has 3 atom stereocenters. The standard InChI is InChI=1S/C22H19NO4/c1-2-15(22(26)27)23-20(24)18-16-11-7-3-4-8-12(11)17(19(18)21(23)25)14-10-6-5-9-13(14)16/h3-10,15-19H,2H2,1H3,(H,26,27)/p-1. The highest BCUT2D eigenvalue weighted by molar-refractivity contribution is 6.09. The minimum absolute atomic E-state index is 0.147. The van der Waals surface area contributed by atoms with Crippen molar-refractivity contribution >= 4 is 17.8 Å². The van der Waals surface area contributed by atoms with Gasteiger partial charge in [-0.1, -0.05) is 55.5 Å². The Bertz CT molecular complexity index is 882. The Morgan fingerprint density at radius 3 is 1.56 bits per heavy atom. The van der Waals surface area contributed by atoms with Gasteiger partial charge in [-0.05, 0) is 28.7 Å². The molecule has 1 aliphatic heterocycles. The fourth-order valence-corrected chi connectivity index (χ4v) is 5.46. The van der Waals surface area contributed by atoms with E-state index in [9.17, 15) is 19.5 Å². The normalized spacial score (nSPS) is 28.6. The maximum atomic E-state index is 13.3. The van der Waals surface area contributed by atoms with Crippen molar-refractivity contribution in [2.45, 2.75) is 31.2 Å². The summed E-state index contributed by atoms with van der Waals surface area (Å²) < 4.78 is 0. The zero-order valence-corrected chi connectivity index (χ0v) is 14.8. The van der Waals surface area contributed by atoms with E-state index in [4.69, 9.17) is 0 Å². The van der Waals surface area contributed by atoms with E-state index in [-0.39, 0.29) is 30.1 Å². The summed E-state index contributed by atoms with van der Waals surface area (Å²) >= 11 is 0. The van der Waals surface area contributed by atoms with Gasteiger partial charge >= 0.3 is 0 Å². The van der Waals surface area contributed by atoms with Crippen molar-refractivity contribution in [1.29, 1.82) is 0 Å². The van der Waals surface area contributed by atoms with Crippen molar-refractivity contribution in [2.75, 3.05) is 0 Å². The number of carbonyl (C=O) groups excluding carboxylic acids is 3. The number of aliphatic carboxylic acids is 1. The monoisotopic (exact) mass is 360 g/mol. The molecule has 1 heterocycles. The molecule has 2 aromatic rings. The first-order valence-electron chi connectivity index (χ1n) is 9.31. The minimum atomic E-state index is -1.37. The summed E-state index contributed by atoms with van der Waals surface area (Å²) in [7, 11) is 0. The van der Waals surface area contributed by atoms with Crippen LogP contribution < -0.4 is 5.11 Å². The van der Waals surface area contributed by atoms with Crippen LogP contribution in [0.15, 0.2) is 48.5 Å². The zero-order chi connectivity index (χ0) is 18.9. The first kappa shape index (κ1) is 16.2. The molecule has 5 heteroatoms. The molecule has 0 N–H and O–H groups in total. The number of nitrogens with zero attached hydrogens (tertiary/aromatic N) is 1. The van der Waals surface area contributed by atoms with Crippen LogP contribution in [0.3, 0.4) is 0 Å². The van der Waals surface area contributed by atoms with E-state index >= 15 is 0 Å². The van der Waals surface area contributed by atoms with E-state index in [1.807, 2.05) is 48.5 Å². The first-order valence-corrected chi connectivity index (χ1v) is 9.31. The predicted molar refractivity (Wildman–Crippen MR) is 94.5 cm³/mol. The summed E-state index contributed by atoms with van der Waals surface area (Å²) in [5.74, 6) is -3.64. The van der Waals surface area contributed by atoms with Gasteiger partial charge in [-0.2, -0.15) is 0 Å². The first-order chi connectivity index (χ1) is 13.1. The Balaban J connectivity index is 1.73. The van der Waals surface area contributed by atoms with Crippen LogP contribution in [0.1, 0.15) is 47.4 Å². The maximum Gasteiger partial charge on any atom is 0.234 e. The van der Waals surface area contributed by atoms with E-state index in [2.05, 4.69) is 0 Å². The molecule has 1 fully saturated rings. The molecule has 4 aliphatic rings. The Kier molecular flexibility index (Phi) is 3.32. The molecule has 5 nitrogen and oxygen atoms in total. The summed E-state index contributed by atoms with van der Waals surface area (Å²) in [5.41, 5.74) is 4.30. The van der Waals surface area contributed by atoms with Gasteiger partial charge in [0.2, 0.25) is 11.8 Å². The van der Waals surface area contributed by atoms with E-state index in [1.165, 1.54) is 0 Å². The van der Waals surface area contributed by atoms with Gasteiger partial charge in [-0.15, -0.1) is 0 Å². The van der Waals surface area contributed by atoms with Gasteiger partial charge in [0.1, 0.15) is 0 Å². The quantitative estimate of drug-likeness (QED) is 0.776. The summed E-state index contributed by atoms with van der Waals surface area (Å²) in [6.45, 7) is 1.65. The van der Waals surface area contributed by atoms with Crippen LogP contribution >= 0.6 is 0 Å². The van der Waals surface area contributed by atoms with Crippen LogP contribution in [-0.4, -0.2) is 28.7 Å². The Morgan fingerprint density at radius 1 is 0.889 bits per heavy atom. The third-order valence-corrected chi connectivity index (χ3v) is 6.45. The number of carboxylic acids is 1. The van der Waals surface area contributed by atoms with E-state index in [0.29, 0.717) is 0 Å². The molecule has 27 heavy (non-hydrogen) atoms. The van der Waals surface area contributed by atoms with Gasteiger partial charge in [-0.3, -0.25) is 14.5 Å². The Hall–Kier alpha value is -2.95. The van der Waals surface area contributed by atoms with Gasteiger partial charge in [0.25, 0.3) is 0 Å². The van der Waals surface area contributed by atoms with Gasteiger partial charge in [0.15, 0.2) is 0 Å². The predicted octanol–water partition coefficient (Wildman–Crippen LogP) is 1.41. The molecule has 0 radical (unpaired) electrons. The highest BCUT2D eigenvalue weighted by atomic mass is 16.4. The van der Waals surface area contributed by atoms with Crippen molar-refractivity contribution < 1.29 is 19.5 Å². The summed E-state index contributed by atoms with van der Waals surface area (Å²) in [6, 6.07) is 14.7. The lowest BCUT2D eigenvalue weighted by molar-refractivity contribution is -0.311. The SMILES string of the molecule is CCC(C(=O)[O-])N1C(=O)C2C3c4ccccc4C(c4ccccc43)C2C1=O. The number of likely N-dealkylation sites (tertiary alicyclic amines) is 1. The molecule has 2 amide bonds. The molecule has 0 spiro atoms. The number of carboxylic acid groups (broad SMARTS) is 1. The van der Waals surface area contributed by atoms with Crippen LogP contribution in [0, 0.1) is 11.8 Å². The second-order valence-corrected chi connectivity index (χ2v) is 7.55. The van der Waals surface area contributed by atoms with Crippen LogP contribution in [0.5, 0.6) is 0 Å². The topological polar surface area (TPSA) is 77.5 Å². The molecule has 2 bridgehead atoms. The number of amides is 2. The van der Waals surface area contributed by atoms with E-state index in [0.717, 1.165) is 27.2 Å². The molecular weight excluding hydrogens is 342 g/mol. The number of hydrogen-bond donors (Lipinski definition) is 0. The third-order valence-electron chi connectivity index (χ3n) is 6.45. The molecular formula is C22H18NO4-. The average Bonchev–Trinajstić information content (AvgIpc) is 2.94. The average molecular weight is 360 g/mol. The van der Waals surface area contributed by atoms with Crippen molar-refractivity contribution in [3.05, 3.63) is 70.8 Å². The largest absolute Gasteiger partial charge is 0.548 e. The highest BCUT2D eigenvalue weighted by Crippen LogP contribution is 2.61. The maximum absolute atomic E-state index is 13.3. The molecule has 2 aromatic carbocycles. The van der Waals surface area contributed by atoms with Crippen molar-refractivity contribution in [1.82, 2.24) is 4.90 Å². The van der Waals surface area contributed by atoms with Crippen LogP contribution in [0.25, 0.3) is 0 Å². The second-order valence-electron chi connectivity index (χ2n) is 7.55. The lowest BCUT2D eigenvalue weighted by atomic mass is 9.55. The van der Waals surface area contributed by atoms with Crippen molar-refractivity contribution in [3.8, 4) is 0 Å². The summed E-state index contributed by atoms with van der Waals surface area (Å²) in [5, 5.41) is 11.6. The number of imide groups is 1. The second kappa shape index (κ2) is 5.52. The molecule has 1 saturated heterocycles. The smallest absolute Gasteiger partial charge is 0.234 e. The lowest BCUT2D eigenvalue weighted by Crippen LogP contribution is -2.50. The van der Waals surface area contributed by atoms with Crippen molar-refractivity contribution in [2.24, 2.45) is 11.8 Å². The zero-order valence-electron chi connectivity index (χ0n) is 14.8. The van der Waals surface area contributed by atoms with Gasteiger partial charge in [-0.25, -0.2) is 0 Å². The lowest BCUT2D eigenvalue weighted by Gasteiger charge is -2.45. The molecule has 136 valence electrons. The molecule has 0 aromatic heterocycles. The van der Waals surface area contributed by atoms with Crippen LogP contribution in [0.4, 0.5) is 0 Å². The number of rotatable bonds is 3. The molecule has 0 saturated carbocycles. The minimum Gasteiger partial charge on any atom is -0.548 e. The van der Waals surface area contributed by atoms with Gasteiger partial charge < -0.3 is 9.90 Å². The van der Waals surface area contributed by atoms with Crippen molar-refractivity contribution in [3.63, 3.8) is 0 Å². The van der Waals surface area contributed by atoms with Crippen LogP contribution in [-0.2, 0) is 14.4 Å².